The number of carbonyl (C=O) groups is 2. The van der Waals surface area contributed by atoms with Crippen LogP contribution in [0.2, 0.25) is 0 Å². The van der Waals surface area contributed by atoms with E-state index in [1.807, 2.05) is 20.8 Å². The van der Waals surface area contributed by atoms with Crippen LogP contribution in [0.3, 0.4) is 0 Å². The van der Waals surface area contributed by atoms with Gasteiger partial charge in [0.05, 0.1) is 6.42 Å². The number of amides is 2. The first-order valence-electron chi connectivity index (χ1n) is 6.72. The van der Waals surface area contributed by atoms with Crippen molar-refractivity contribution in [3.8, 4) is 0 Å². The van der Waals surface area contributed by atoms with Gasteiger partial charge in [0.2, 0.25) is 0 Å². The van der Waals surface area contributed by atoms with Crippen LogP contribution in [-0.4, -0.2) is 40.1 Å². The number of carboxylic acid groups (broad SMARTS) is 1. The summed E-state index contributed by atoms with van der Waals surface area (Å²) in [5.41, 5.74) is -0.201. The number of hydrogen-bond acceptors (Lipinski definition) is 2. The third-order valence-electron chi connectivity index (χ3n) is 3.78. The number of urea groups is 1. The third-order valence-corrected chi connectivity index (χ3v) is 3.78. The first-order chi connectivity index (χ1) is 8.41. The van der Waals surface area contributed by atoms with Crippen LogP contribution in [0, 0.1) is 0 Å². The van der Waals surface area contributed by atoms with Crippen LogP contribution >= 0.6 is 0 Å². The lowest BCUT2D eigenvalue weighted by Crippen LogP contribution is -2.52. The van der Waals surface area contributed by atoms with Crippen molar-refractivity contribution in [2.24, 2.45) is 0 Å². The molecule has 1 aliphatic carbocycles. The van der Waals surface area contributed by atoms with E-state index in [2.05, 4.69) is 5.32 Å². The van der Waals surface area contributed by atoms with Gasteiger partial charge < -0.3 is 15.3 Å². The second kappa shape index (κ2) is 6.07. The van der Waals surface area contributed by atoms with Crippen molar-refractivity contribution < 1.29 is 14.7 Å². The molecular weight excluding hydrogens is 232 g/mol. The lowest BCUT2D eigenvalue weighted by atomic mass is 9.96. The zero-order valence-electron chi connectivity index (χ0n) is 11.5. The fraction of sp³-hybridized carbons (Fsp3) is 0.846. The number of hydrogen-bond donors (Lipinski definition) is 2. The molecule has 2 N–H and O–H groups in total. The maximum absolute atomic E-state index is 12.2. The second-order valence-electron chi connectivity index (χ2n) is 5.27. The highest BCUT2D eigenvalue weighted by Gasteiger charge is 2.34. The fourth-order valence-electron chi connectivity index (χ4n) is 1.81. The highest BCUT2D eigenvalue weighted by atomic mass is 16.4. The van der Waals surface area contributed by atoms with Crippen molar-refractivity contribution in [3.05, 3.63) is 0 Å². The number of rotatable bonds is 7. The summed E-state index contributed by atoms with van der Waals surface area (Å²) in [6, 6.07) is 0.118. The molecule has 0 atom stereocenters. The lowest BCUT2D eigenvalue weighted by Gasteiger charge is -2.32. The standard InChI is InChI=1S/C13H24N2O3/c1-4-13(3,5-2)14-12(18)15(10-6-7-10)9-8-11(16)17/h10H,4-9H2,1-3H3,(H,14,18)(H,16,17). The number of nitrogens with zero attached hydrogens (tertiary/aromatic N) is 1. The summed E-state index contributed by atoms with van der Waals surface area (Å²) in [7, 11) is 0. The number of carbonyl (C=O) groups excluding carboxylic acids is 1. The zero-order valence-corrected chi connectivity index (χ0v) is 11.5. The molecule has 0 aromatic carbocycles. The molecule has 0 aliphatic heterocycles. The Morgan fingerprint density at radius 1 is 1.33 bits per heavy atom. The number of nitrogens with one attached hydrogen (secondary N) is 1. The predicted molar refractivity (Wildman–Crippen MR) is 69.5 cm³/mol. The molecule has 0 aromatic rings. The Labute approximate surface area is 109 Å². The summed E-state index contributed by atoms with van der Waals surface area (Å²) in [6.45, 7) is 6.41. The van der Waals surface area contributed by atoms with Gasteiger partial charge in [0, 0.05) is 18.1 Å². The molecule has 0 saturated heterocycles. The van der Waals surface area contributed by atoms with E-state index < -0.39 is 5.97 Å². The normalized spacial score (nSPS) is 15.3. The third kappa shape index (κ3) is 4.20. The molecule has 0 bridgehead atoms. The van der Waals surface area contributed by atoms with E-state index in [1.165, 1.54) is 0 Å². The van der Waals surface area contributed by atoms with Gasteiger partial charge in [0.25, 0.3) is 0 Å². The number of aliphatic carboxylic acids is 1. The van der Waals surface area contributed by atoms with E-state index in [9.17, 15) is 9.59 Å². The van der Waals surface area contributed by atoms with Crippen LogP contribution in [0.1, 0.15) is 52.9 Å². The Hall–Kier alpha value is -1.26. The van der Waals surface area contributed by atoms with Crippen LogP contribution in [0.15, 0.2) is 0 Å². The smallest absolute Gasteiger partial charge is 0.318 e. The molecule has 5 nitrogen and oxygen atoms in total. The molecule has 18 heavy (non-hydrogen) atoms. The molecule has 0 radical (unpaired) electrons. The minimum Gasteiger partial charge on any atom is -0.481 e. The van der Waals surface area contributed by atoms with Gasteiger partial charge in [-0.15, -0.1) is 0 Å². The van der Waals surface area contributed by atoms with E-state index in [4.69, 9.17) is 5.11 Å². The minimum absolute atomic E-state index is 0.0128. The topological polar surface area (TPSA) is 69.6 Å². The molecule has 1 fully saturated rings. The minimum atomic E-state index is -0.859. The van der Waals surface area contributed by atoms with Gasteiger partial charge >= 0.3 is 12.0 Å². The molecule has 5 heteroatoms. The molecule has 0 aromatic heterocycles. The Balaban J connectivity index is 2.57. The zero-order chi connectivity index (χ0) is 13.8. The molecule has 0 unspecified atom stereocenters. The Morgan fingerprint density at radius 3 is 2.28 bits per heavy atom. The average Bonchev–Trinajstić information content (AvgIpc) is 3.13. The summed E-state index contributed by atoms with van der Waals surface area (Å²) >= 11 is 0. The van der Waals surface area contributed by atoms with E-state index >= 15 is 0 Å². The quantitative estimate of drug-likeness (QED) is 0.733. The van der Waals surface area contributed by atoms with E-state index in [0.29, 0.717) is 6.54 Å². The maximum Gasteiger partial charge on any atom is 0.318 e. The highest BCUT2D eigenvalue weighted by molar-refractivity contribution is 5.76. The van der Waals surface area contributed by atoms with Gasteiger partial charge in [0.15, 0.2) is 0 Å². The largest absolute Gasteiger partial charge is 0.481 e. The van der Waals surface area contributed by atoms with Crippen LogP contribution < -0.4 is 5.32 Å². The molecule has 1 saturated carbocycles. The summed E-state index contributed by atoms with van der Waals surface area (Å²) in [5, 5.41) is 11.7. The second-order valence-corrected chi connectivity index (χ2v) is 5.27. The molecule has 0 spiro atoms. The van der Waals surface area contributed by atoms with Crippen LogP contribution in [0.4, 0.5) is 4.79 Å². The summed E-state index contributed by atoms with van der Waals surface area (Å²) in [5.74, 6) is -0.859. The van der Waals surface area contributed by atoms with Gasteiger partial charge in [0.1, 0.15) is 0 Å². The number of carboxylic acids is 1. The van der Waals surface area contributed by atoms with Gasteiger partial charge in [-0.1, -0.05) is 13.8 Å². The molecule has 0 heterocycles. The molecular formula is C13H24N2O3. The molecule has 104 valence electrons. The first-order valence-corrected chi connectivity index (χ1v) is 6.72. The SMILES string of the molecule is CCC(C)(CC)NC(=O)N(CCC(=O)O)C1CC1. The van der Waals surface area contributed by atoms with Crippen molar-refractivity contribution in [2.45, 2.75) is 64.5 Å². The van der Waals surface area contributed by atoms with Crippen molar-refractivity contribution in [2.75, 3.05) is 6.54 Å². The molecule has 2 amide bonds. The Bertz CT molecular complexity index is 309. The van der Waals surface area contributed by atoms with Gasteiger partial charge in [-0.05, 0) is 32.6 Å². The van der Waals surface area contributed by atoms with Gasteiger partial charge in [-0.2, -0.15) is 0 Å². The Morgan fingerprint density at radius 2 is 1.89 bits per heavy atom. The monoisotopic (exact) mass is 256 g/mol. The highest BCUT2D eigenvalue weighted by Crippen LogP contribution is 2.27. The molecule has 1 aliphatic rings. The van der Waals surface area contributed by atoms with Gasteiger partial charge in [-0.3, -0.25) is 4.79 Å². The van der Waals surface area contributed by atoms with Crippen LogP contribution in [0.25, 0.3) is 0 Å². The summed E-state index contributed by atoms with van der Waals surface area (Å²) < 4.78 is 0. The van der Waals surface area contributed by atoms with Crippen LogP contribution in [-0.2, 0) is 4.79 Å². The van der Waals surface area contributed by atoms with E-state index in [-0.39, 0.29) is 24.0 Å². The average molecular weight is 256 g/mol. The van der Waals surface area contributed by atoms with E-state index in [1.54, 1.807) is 4.90 Å². The van der Waals surface area contributed by atoms with Crippen molar-refractivity contribution in [1.82, 2.24) is 10.2 Å². The Kier molecular flexibility index (Phi) is 4.99. The van der Waals surface area contributed by atoms with Gasteiger partial charge in [-0.25, -0.2) is 4.79 Å². The molecule has 1 rings (SSSR count). The fourth-order valence-corrected chi connectivity index (χ4v) is 1.81. The van der Waals surface area contributed by atoms with E-state index in [0.717, 1.165) is 25.7 Å². The van der Waals surface area contributed by atoms with Crippen LogP contribution in [0.5, 0.6) is 0 Å². The maximum atomic E-state index is 12.2. The lowest BCUT2D eigenvalue weighted by molar-refractivity contribution is -0.137. The summed E-state index contributed by atoms with van der Waals surface area (Å²) in [4.78, 5) is 24.5. The van der Waals surface area contributed by atoms with Crippen molar-refractivity contribution >= 4 is 12.0 Å². The summed E-state index contributed by atoms with van der Waals surface area (Å²) in [6.07, 6.45) is 3.72. The predicted octanol–water partition coefficient (Wildman–Crippen LogP) is 2.21. The van der Waals surface area contributed by atoms with Crippen molar-refractivity contribution in [3.63, 3.8) is 0 Å². The van der Waals surface area contributed by atoms with Crippen molar-refractivity contribution in [1.29, 1.82) is 0 Å². The first kappa shape index (κ1) is 14.8.